The lowest BCUT2D eigenvalue weighted by atomic mass is 9.95. The summed E-state index contributed by atoms with van der Waals surface area (Å²) in [4.78, 5) is 0. The van der Waals surface area contributed by atoms with Crippen LogP contribution >= 0.6 is 23.2 Å². The third kappa shape index (κ3) is 3.39. The van der Waals surface area contributed by atoms with Crippen LogP contribution in [0.5, 0.6) is 0 Å². The molecular weight excluding hydrogens is 269 g/mol. The lowest BCUT2D eigenvalue weighted by Gasteiger charge is -2.31. The molecule has 1 heterocycles. The summed E-state index contributed by atoms with van der Waals surface area (Å²) in [6.07, 6.45) is 3.66. The number of hydrogen-bond acceptors (Lipinski definition) is 2. The van der Waals surface area contributed by atoms with Gasteiger partial charge in [0.2, 0.25) is 0 Å². The third-order valence-electron chi connectivity index (χ3n) is 3.31. The van der Waals surface area contributed by atoms with Gasteiger partial charge in [0.05, 0.1) is 12.1 Å². The molecule has 0 aromatic heterocycles. The van der Waals surface area contributed by atoms with Gasteiger partial charge >= 0.3 is 0 Å². The summed E-state index contributed by atoms with van der Waals surface area (Å²) in [5, 5.41) is 4.86. The zero-order valence-corrected chi connectivity index (χ0v) is 12.1. The highest BCUT2D eigenvalue weighted by Gasteiger charge is 2.26. The SMILES string of the molecule is CCNC(c1ccc(Cl)cc1Cl)C1CCCCO1. The molecule has 1 saturated heterocycles. The second-order valence-electron chi connectivity index (χ2n) is 4.61. The van der Waals surface area contributed by atoms with Gasteiger partial charge in [-0.1, -0.05) is 36.2 Å². The van der Waals surface area contributed by atoms with Gasteiger partial charge in [-0.2, -0.15) is 0 Å². The van der Waals surface area contributed by atoms with Crippen LogP contribution in [0.1, 0.15) is 37.8 Å². The molecule has 100 valence electrons. The van der Waals surface area contributed by atoms with Gasteiger partial charge in [0.25, 0.3) is 0 Å². The summed E-state index contributed by atoms with van der Waals surface area (Å²) in [7, 11) is 0. The summed E-state index contributed by atoms with van der Waals surface area (Å²) in [5.74, 6) is 0. The van der Waals surface area contributed by atoms with Gasteiger partial charge in [0.15, 0.2) is 0 Å². The van der Waals surface area contributed by atoms with Crippen molar-refractivity contribution in [3.8, 4) is 0 Å². The van der Waals surface area contributed by atoms with E-state index in [0.29, 0.717) is 10.0 Å². The fourth-order valence-corrected chi connectivity index (χ4v) is 2.97. The maximum Gasteiger partial charge on any atom is 0.0770 e. The van der Waals surface area contributed by atoms with Gasteiger partial charge in [-0.05, 0) is 43.5 Å². The van der Waals surface area contributed by atoms with Crippen molar-refractivity contribution in [3.05, 3.63) is 33.8 Å². The molecule has 1 fully saturated rings. The lowest BCUT2D eigenvalue weighted by molar-refractivity contribution is -0.00784. The number of benzene rings is 1. The molecule has 2 atom stereocenters. The topological polar surface area (TPSA) is 21.3 Å². The summed E-state index contributed by atoms with van der Waals surface area (Å²) in [6, 6.07) is 5.83. The van der Waals surface area contributed by atoms with Crippen LogP contribution in [0.4, 0.5) is 0 Å². The molecule has 1 aliphatic rings. The average molecular weight is 288 g/mol. The van der Waals surface area contributed by atoms with Crippen LogP contribution in [0.2, 0.25) is 10.0 Å². The Kier molecular flexibility index (Phi) is 5.31. The van der Waals surface area contributed by atoms with Gasteiger partial charge in [-0.3, -0.25) is 0 Å². The van der Waals surface area contributed by atoms with E-state index in [1.54, 1.807) is 6.07 Å². The van der Waals surface area contributed by atoms with Gasteiger partial charge < -0.3 is 10.1 Å². The number of halogens is 2. The van der Waals surface area contributed by atoms with Crippen molar-refractivity contribution in [1.82, 2.24) is 5.32 Å². The molecule has 0 saturated carbocycles. The zero-order valence-electron chi connectivity index (χ0n) is 10.6. The van der Waals surface area contributed by atoms with E-state index in [1.807, 2.05) is 12.1 Å². The van der Waals surface area contributed by atoms with E-state index in [9.17, 15) is 0 Å². The number of nitrogens with one attached hydrogen (secondary N) is 1. The molecule has 2 nitrogen and oxygen atoms in total. The van der Waals surface area contributed by atoms with E-state index in [0.717, 1.165) is 31.6 Å². The molecule has 18 heavy (non-hydrogen) atoms. The molecule has 1 aromatic carbocycles. The molecule has 2 unspecified atom stereocenters. The first-order chi connectivity index (χ1) is 8.72. The predicted molar refractivity (Wildman–Crippen MR) is 76.5 cm³/mol. The first kappa shape index (κ1) is 14.1. The van der Waals surface area contributed by atoms with E-state index in [-0.39, 0.29) is 12.1 Å². The minimum absolute atomic E-state index is 0.153. The van der Waals surface area contributed by atoms with Crippen LogP contribution in [0.3, 0.4) is 0 Å². The van der Waals surface area contributed by atoms with Crippen LogP contribution in [0.25, 0.3) is 0 Å². The highest BCUT2D eigenvalue weighted by molar-refractivity contribution is 6.35. The van der Waals surface area contributed by atoms with E-state index >= 15 is 0 Å². The fraction of sp³-hybridized carbons (Fsp3) is 0.571. The van der Waals surface area contributed by atoms with Crippen LogP contribution in [0.15, 0.2) is 18.2 Å². The Morgan fingerprint density at radius 2 is 2.22 bits per heavy atom. The molecule has 2 rings (SSSR count). The zero-order chi connectivity index (χ0) is 13.0. The van der Waals surface area contributed by atoms with Gasteiger partial charge in [-0.25, -0.2) is 0 Å². The normalized spacial score (nSPS) is 21.8. The number of likely N-dealkylation sites (N-methyl/N-ethyl adjacent to an activating group) is 1. The molecule has 1 aromatic rings. The van der Waals surface area contributed by atoms with Crippen LogP contribution in [0, 0.1) is 0 Å². The minimum atomic E-state index is 0.153. The number of ether oxygens (including phenoxy) is 1. The van der Waals surface area contributed by atoms with Gasteiger partial charge in [0.1, 0.15) is 0 Å². The Morgan fingerprint density at radius 3 is 2.83 bits per heavy atom. The largest absolute Gasteiger partial charge is 0.376 e. The molecule has 0 spiro atoms. The summed E-state index contributed by atoms with van der Waals surface area (Å²) >= 11 is 12.2. The maximum atomic E-state index is 6.30. The van der Waals surface area contributed by atoms with E-state index in [2.05, 4.69) is 12.2 Å². The molecule has 1 aliphatic heterocycles. The van der Waals surface area contributed by atoms with Crippen molar-refractivity contribution in [2.45, 2.75) is 38.3 Å². The molecule has 0 amide bonds. The molecular formula is C14H19Cl2NO. The van der Waals surface area contributed by atoms with Crippen molar-refractivity contribution in [2.75, 3.05) is 13.2 Å². The van der Waals surface area contributed by atoms with Crippen LogP contribution < -0.4 is 5.32 Å². The number of hydrogen-bond donors (Lipinski definition) is 1. The van der Waals surface area contributed by atoms with Crippen molar-refractivity contribution in [1.29, 1.82) is 0 Å². The first-order valence-corrected chi connectivity index (χ1v) is 7.28. The lowest BCUT2D eigenvalue weighted by Crippen LogP contribution is -2.36. The van der Waals surface area contributed by atoms with Crippen molar-refractivity contribution in [2.24, 2.45) is 0 Å². The van der Waals surface area contributed by atoms with Crippen molar-refractivity contribution in [3.63, 3.8) is 0 Å². The quantitative estimate of drug-likeness (QED) is 0.896. The predicted octanol–water partition coefficient (Wildman–Crippen LogP) is 4.21. The summed E-state index contributed by atoms with van der Waals surface area (Å²) in [6.45, 7) is 3.83. The standard InChI is InChI=1S/C14H19Cl2NO/c1-2-17-14(13-5-3-4-8-18-13)11-7-6-10(15)9-12(11)16/h6-7,9,13-14,17H,2-5,8H2,1H3. The maximum absolute atomic E-state index is 6.30. The van der Waals surface area contributed by atoms with Crippen molar-refractivity contribution >= 4 is 23.2 Å². The highest BCUT2D eigenvalue weighted by Crippen LogP contribution is 2.32. The Hall–Kier alpha value is -0.280. The first-order valence-electron chi connectivity index (χ1n) is 6.52. The van der Waals surface area contributed by atoms with Crippen LogP contribution in [-0.2, 0) is 4.74 Å². The highest BCUT2D eigenvalue weighted by atomic mass is 35.5. The van der Waals surface area contributed by atoms with Crippen molar-refractivity contribution < 1.29 is 4.74 Å². The molecule has 0 radical (unpaired) electrons. The second kappa shape index (κ2) is 6.76. The van der Waals surface area contributed by atoms with E-state index < -0.39 is 0 Å². The average Bonchev–Trinajstić information content (AvgIpc) is 2.38. The van der Waals surface area contributed by atoms with Crippen LogP contribution in [-0.4, -0.2) is 19.3 Å². The summed E-state index contributed by atoms with van der Waals surface area (Å²) < 4.78 is 5.88. The van der Waals surface area contributed by atoms with Gasteiger partial charge in [-0.15, -0.1) is 0 Å². The number of rotatable bonds is 4. The minimum Gasteiger partial charge on any atom is -0.376 e. The van der Waals surface area contributed by atoms with E-state index in [4.69, 9.17) is 27.9 Å². The van der Waals surface area contributed by atoms with Gasteiger partial charge in [0, 0.05) is 16.7 Å². The second-order valence-corrected chi connectivity index (χ2v) is 5.45. The Balaban J connectivity index is 2.22. The smallest absolute Gasteiger partial charge is 0.0770 e. The molecule has 4 heteroatoms. The fourth-order valence-electron chi connectivity index (χ4n) is 2.44. The Morgan fingerprint density at radius 1 is 1.39 bits per heavy atom. The summed E-state index contributed by atoms with van der Waals surface area (Å²) in [5.41, 5.74) is 1.08. The monoisotopic (exact) mass is 287 g/mol. The Bertz CT molecular complexity index is 391. The van der Waals surface area contributed by atoms with E-state index in [1.165, 1.54) is 6.42 Å². The molecule has 1 N–H and O–H groups in total. The molecule has 0 aliphatic carbocycles. The molecule has 0 bridgehead atoms. The Labute approximate surface area is 119 Å². The third-order valence-corrected chi connectivity index (χ3v) is 3.87.